The molecule has 0 aliphatic rings. The van der Waals surface area contributed by atoms with Crippen LogP contribution in [0.2, 0.25) is 5.02 Å². The summed E-state index contributed by atoms with van der Waals surface area (Å²) in [6, 6.07) is 11.8. The van der Waals surface area contributed by atoms with Gasteiger partial charge in [-0.2, -0.15) is 0 Å². The topological polar surface area (TPSA) is 86.8 Å². The number of nitrogens with zero attached hydrogens (tertiary/aromatic N) is 2. The quantitative estimate of drug-likeness (QED) is 0.418. The molecule has 0 unspecified atom stereocenters. The summed E-state index contributed by atoms with van der Waals surface area (Å²) in [5, 5.41) is 3.40. The van der Waals surface area contributed by atoms with E-state index < -0.39 is 28.5 Å². The molecule has 0 saturated carbocycles. The normalized spacial score (nSPS) is 12.2. The molecule has 35 heavy (non-hydrogen) atoms. The molecule has 0 heterocycles. The van der Waals surface area contributed by atoms with Crippen molar-refractivity contribution in [1.82, 2.24) is 10.2 Å². The minimum absolute atomic E-state index is 0.197. The van der Waals surface area contributed by atoms with Crippen molar-refractivity contribution in [3.05, 3.63) is 64.2 Å². The fourth-order valence-corrected chi connectivity index (χ4v) is 5.02. The molecule has 0 aliphatic heterocycles. The third-order valence-corrected chi connectivity index (χ3v) is 7.29. The van der Waals surface area contributed by atoms with E-state index >= 15 is 0 Å². The molecule has 9 heteroatoms. The van der Waals surface area contributed by atoms with Crippen LogP contribution in [0.4, 0.5) is 5.69 Å². The van der Waals surface area contributed by atoms with Crippen LogP contribution in [-0.2, 0) is 26.2 Å². The Kier molecular flexibility index (Phi) is 10.6. The van der Waals surface area contributed by atoms with Gasteiger partial charge in [0, 0.05) is 18.1 Å². The Bertz CT molecular complexity index is 1140. The summed E-state index contributed by atoms with van der Waals surface area (Å²) in [6.45, 7) is 7.87. The summed E-state index contributed by atoms with van der Waals surface area (Å²) in [7, 11) is -3.79. The van der Waals surface area contributed by atoms with Crippen molar-refractivity contribution in [2.24, 2.45) is 0 Å². The van der Waals surface area contributed by atoms with Crippen LogP contribution < -0.4 is 9.62 Å². The monoisotopic (exact) mass is 521 g/mol. The lowest BCUT2D eigenvalue weighted by Gasteiger charge is -2.33. The van der Waals surface area contributed by atoms with Gasteiger partial charge in [0.25, 0.3) is 0 Å². The minimum Gasteiger partial charge on any atom is -0.354 e. The van der Waals surface area contributed by atoms with Gasteiger partial charge in [-0.15, -0.1) is 0 Å². The van der Waals surface area contributed by atoms with Crippen LogP contribution in [0.15, 0.2) is 42.5 Å². The lowest BCUT2D eigenvalue weighted by molar-refractivity contribution is -0.140. The van der Waals surface area contributed by atoms with Crippen molar-refractivity contribution in [1.29, 1.82) is 0 Å². The van der Waals surface area contributed by atoms with E-state index in [1.54, 1.807) is 25.1 Å². The zero-order chi connectivity index (χ0) is 26.2. The number of unbranched alkanes of at least 4 members (excludes halogenated alkanes) is 1. The van der Waals surface area contributed by atoms with Crippen molar-refractivity contribution >= 4 is 39.1 Å². The van der Waals surface area contributed by atoms with Gasteiger partial charge in [-0.05, 0) is 61.6 Å². The molecule has 0 aromatic heterocycles. The number of benzene rings is 2. The molecule has 2 amide bonds. The van der Waals surface area contributed by atoms with Crippen LogP contribution in [0.3, 0.4) is 0 Å². The predicted octanol–water partition coefficient (Wildman–Crippen LogP) is 4.45. The Balaban J connectivity index is 2.45. The maximum Gasteiger partial charge on any atom is 0.244 e. The maximum atomic E-state index is 13.7. The van der Waals surface area contributed by atoms with E-state index in [1.807, 2.05) is 45.0 Å². The zero-order valence-corrected chi connectivity index (χ0v) is 22.7. The first-order valence-electron chi connectivity index (χ1n) is 11.8. The number of halogens is 1. The van der Waals surface area contributed by atoms with Gasteiger partial charge >= 0.3 is 0 Å². The lowest BCUT2D eigenvalue weighted by Crippen LogP contribution is -2.52. The molecule has 0 spiro atoms. The first-order chi connectivity index (χ1) is 16.5. The molecule has 2 rings (SSSR count). The van der Waals surface area contributed by atoms with Crippen LogP contribution in [-0.4, -0.2) is 50.5 Å². The number of rotatable bonds is 12. The molecule has 1 atom stereocenters. The highest BCUT2D eigenvalue weighted by Crippen LogP contribution is 2.26. The Hall–Kier alpha value is -2.58. The predicted molar refractivity (Wildman–Crippen MR) is 142 cm³/mol. The summed E-state index contributed by atoms with van der Waals surface area (Å²) < 4.78 is 26.5. The Labute approximate surface area is 214 Å². The van der Waals surface area contributed by atoms with Crippen LogP contribution in [0.25, 0.3) is 0 Å². The highest BCUT2D eigenvalue weighted by molar-refractivity contribution is 7.92. The highest BCUT2D eigenvalue weighted by atomic mass is 35.5. The van der Waals surface area contributed by atoms with Gasteiger partial charge in [-0.3, -0.25) is 13.9 Å². The van der Waals surface area contributed by atoms with Crippen molar-refractivity contribution in [3.63, 3.8) is 0 Å². The molecule has 0 saturated heterocycles. The number of sulfonamides is 1. The zero-order valence-electron chi connectivity index (χ0n) is 21.2. The molecule has 0 fully saturated rings. The number of amides is 2. The smallest absolute Gasteiger partial charge is 0.244 e. The van der Waals surface area contributed by atoms with E-state index in [4.69, 9.17) is 11.6 Å². The van der Waals surface area contributed by atoms with Gasteiger partial charge in [0.15, 0.2) is 0 Å². The molecule has 0 aliphatic carbocycles. The van der Waals surface area contributed by atoms with Crippen molar-refractivity contribution in [2.75, 3.05) is 23.7 Å². The third kappa shape index (κ3) is 7.97. The first-order valence-corrected chi connectivity index (χ1v) is 14.1. The minimum atomic E-state index is -3.79. The summed E-state index contributed by atoms with van der Waals surface area (Å²) in [6.07, 6.45) is 3.24. The van der Waals surface area contributed by atoms with Crippen molar-refractivity contribution in [3.8, 4) is 0 Å². The second-order valence-electron chi connectivity index (χ2n) is 8.72. The maximum absolute atomic E-state index is 13.7. The Morgan fingerprint density at radius 1 is 1.06 bits per heavy atom. The van der Waals surface area contributed by atoms with Gasteiger partial charge in [0.2, 0.25) is 21.8 Å². The van der Waals surface area contributed by atoms with Gasteiger partial charge in [0.05, 0.1) is 11.9 Å². The van der Waals surface area contributed by atoms with E-state index in [-0.39, 0.29) is 12.5 Å². The fourth-order valence-electron chi connectivity index (χ4n) is 3.89. The standard InChI is InChI=1S/C26H36ClN3O4S/c1-6-8-15-28-26(32)23(7-2)29(17-21-12-10-9-11-19(21)3)25(31)18-30(35(5,33)34)24-14-13-22(27)16-20(24)4/h9-14,16,23H,6-8,15,17-18H2,1-5H3,(H,28,32)/t23-/m0/s1. The third-order valence-electron chi connectivity index (χ3n) is 5.92. The van der Waals surface area contributed by atoms with Crippen LogP contribution in [0.5, 0.6) is 0 Å². The number of hydrogen-bond donors (Lipinski definition) is 1. The lowest BCUT2D eigenvalue weighted by atomic mass is 10.1. The second kappa shape index (κ2) is 12.9. The van der Waals surface area contributed by atoms with Crippen LogP contribution in [0, 0.1) is 13.8 Å². The van der Waals surface area contributed by atoms with Crippen molar-refractivity contribution < 1.29 is 18.0 Å². The van der Waals surface area contributed by atoms with E-state index in [0.29, 0.717) is 29.2 Å². The molecule has 7 nitrogen and oxygen atoms in total. The molecule has 0 bridgehead atoms. The number of anilines is 1. The summed E-state index contributed by atoms with van der Waals surface area (Å²) >= 11 is 6.06. The number of hydrogen-bond acceptors (Lipinski definition) is 4. The number of nitrogens with one attached hydrogen (secondary N) is 1. The number of aryl methyl sites for hydroxylation is 2. The summed E-state index contributed by atoms with van der Waals surface area (Å²) in [5.74, 6) is -0.693. The summed E-state index contributed by atoms with van der Waals surface area (Å²) in [4.78, 5) is 28.3. The molecule has 192 valence electrons. The van der Waals surface area contributed by atoms with E-state index in [2.05, 4.69) is 5.32 Å². The van der Waals surface area contributed by atoms with E-state index in [9.17, 15) is 18.0 Å². The van der Waals surface area contributed by atoms with E-state index in [1.165, 1.54) is 4.90 Å². The average Bonchev–Trinajstić information content (AvgIpc) is 2.78. The molecular weight excluding hydrogens is 486 g/mol. The number of carbonyl (C=O) groups excluding carboxylic acids is 2. The van der Waals surface area contributed by atoms with Gasteiger partial charge in [-0.25, -0.2) is 8.42 Å². The molecule has 0 radical (unpaired) electrons. The number of carbonyl (C=O) groups is 2. The molecule has 2 aromatic carbocycles. The SMILES string of the molecule is CCCCNC(=O)[C@H](CC)N(Cc1ccccc1C)C(=O)CN(c1ccc(Cl)cc1C)S(C)(=O)=O. The molecular formula is C26H36ClN3O4S. The Morgan fingerprint density at radius 2 is 1.74 bits per heavy atom. The largest absolute Gasteiger partial charge is 0.354 e. The van der Waals surface area contributed by atoms with E-state index in [0.717, 1.165) is 34.5 Å². The van der Waals surface area contributed by atoms with Gasteiger partial charge in [0.1, 0.15) is 12.6 Å². The average molecular weight is 522 g/mol. The highest BCUT2D eigenvalue weighted by Gasteiger charge is 2.32. The fraction of sp³-hybridized carbons (Fsp3) is 0.462. The van der Waals surface area contributed by atoms with Gasteiger partial charge < -0.3 is 10.2 Å². The molecule has 1 N–H and O–H groups in total. The second-order valence-corrected chi connectivity index (χ2v) is 11.1. The molecule has 2 aromatic rings. The van der Waals surface area contributed by atoms with Crippen LogP contribution in [0.1, 0.15) is 49.8 Å². The van der Waals surface area contributed by atoms with Crippen LogP contribution >= 0.6 is 11.6 Å². The summed E-state index contributed by atoms with van der Waals surface area (Å²) in [5.41, 5.74) is 2.89. The van der Waals surface area contributed by atoms with Crippen molar-refractivity contribution in [2.45, 2.75) is 59.5 Å². The van der Waals surface area contributed by atoms with Gasteiger partial charge in [-0.1, -0.05) is 56.1 Å². The first kappa shape index (κ1) is 28.7. The Morgan fingerprint density at radius 3 is 2.31 bits per heavy atom.